The second-order valence-electron chi connectivity index (χ2n) is 8.70. The largest absolute Gasteiger partial charge is 0.330 e. The zero-order valence-corrected chi connectivity index (χ0v) is 20.2. The lowest BCUT2D eigenvalue weighted by atomic mass is 9.92. The average Bonchev–Trinajstić information content (AvgIpc) is 3.21. The van der Waals surface area contributed by atoms with Crippen LogP contribution >= 0.6 is 11.6 Å². The van der Waals surface area contributed by atoms with E-state index in [1.807, 2.05) is 26.8 Å². The number of aromatic nitrogens is 2. The highest BCUT2D eigenvalue weighted by atomic mass is 35.5. The second kappa shape index (κ2) is 10.0. The molecule has 1 N–H and O–H groups in total. The molecule has 0 fully saturated rings. The number of likely N-dealkylation sites (N-methyl/N-ethyl adjacent to an activating group) is 1. The van der Waals surface area contributed by atoms with E-state index < -0.39 is 16.7 Å². The highest BCUT2D eigenvalue weighted by Gasteiger charge is 2.24. The third-order valence-corrected chi connectivity index (χ3v) is 5.47. The number of anilines is 1. The van der Waals surface area contributed by atoms with Gasteiger partial charge < -0.3 is 10.2 Å². The van der Waals surface area contributed by atoms with Crippen molar-refractivity contribution in [1.82, 2.24) is 14.7 Å². The number of nitrogens with one attached hydrogen (secondary N) is 1. The number of rotatable bonds is 7. The SMILES string of the molecule is CCN(CC(=O)Nc1cc(C(C)(C)C)nn1-c1ccccc1Cl)C(=O)c1ccc([N+](=O)[O-])cc1. The molecule has 0 aliphatic heterocycles. The zero-order chi connectivity index (χ0) is 25.0. The maximum Gasteiger partial charge on any atom is 0.269 e. The first-order valence-corrected chi connectivity index (χ1v) is 11.1. The molecule has 0 bridgehead atoms. The van der Waals surface area contributed by atoms with Crippen molar-refractivity contribution in [3.8, 4) is 5.69 Å². The normalized spacial score (nSPS) is 11.2. The number of non-ortho nitro benzene ring substituents is 1. The van der Waals surface area contributed by atoms with Gasteiger partial charge in [-0.05, 0) is 31.2 Å². The van der Waals surface area contributed by atoms with Gasteiger partial charge in [0.1, 0.15) is 12.4 Å². The molecule has 10 heteroatoms. The molecule has 178 valence electrons. The van der Waals surface area contributed by atoms with Crippen LogP contribution in [-0.4, -0.2) is 44.5 Å². The Morgan fingerprint density at radius 1 is 1.15 bits per heavy atom. The van der Waals surface area contributed by atoms with Crippen LogP contribution in [-0.2, 0) is 10.2 Å². The Morgan fingerprint density at radius 2 is 1.79 bits per heavy atom. The zero-order valence-electron chi connectivity index (χ0n) is 19.4. The smallest absolute Gasteiger partial charge is 0.269 e. The topological polar surface area (TPSA) is 110 Å². The Morgan fingerprint density at radius 3 is 2.35 bits per heavy atom. The van der Waals surface area contributed by atoms with E-state index in [1.165, 1.54) is 29.2 Å². The summed E-state index contributed by atoms with van der Waals surface area (Å²) < 4.78 is 1.58. The van der Waals surface area contributed by atoms with Crippen molar-refractivity contribution in [3.05, 3.63) is 81.0 Å². The number of hydrogen-bond donors (Lipinski definition) is 1. The molecule has 9 nitrogen and oxygen atoms in total. The quantitative estimate of drug-likeness (QED) is 0.382. The van der Waals surface area contributed by atoms with Gasteiger partial charge in [-0.15, -0.1) is 0 Å². The summed E-state index contributed by atoms with van der Waals surface area (Å²) in [4.78, 5) is 37.4. The number of carbonyl (C=O) groups excluding carboxylic acids is 2. The predicted octanol–water partition coefficient (Wildman–Crippen LogP) is 4.83. The van der Waals surface area contributed by atoms with E-state index in [0.717, 1.165) is 5.69 Å². The highest BCUT2D eigenvalue weighted by molar-refractivity contribution is 6.32. The van der Waals surface area contributed by atoms with Crippen LogP contribution in [0, 0.1) is 10.1 Å². The maximum absolute atomic E-state index is 12.9. The summed E-state index contributed by atoms with van der Waals surface area (Å²) in [7, 11) is 0. The first-order valence-electron chi connectivity index (χ1n) is 10.7. The maximum atomic E-state index is 12.9. The summed E-state index contributed by atoms with van der Waals surface area (Å²) in [6, 6.07) is 14.2. The minimum atomic E-state index is -0.534. The van der Waals surface area contributed by atoms with Gasteiger partial charge in [-0.3, -0.25) is 19.7 Å². The molecule has 0 aliphatic carbocycles. The van der Waals surface area contributed by atoms with Gasteiger partial charge in [-0.1, -0.05) is 44.5 Å². The minimum absolute atomic E-state index is 0.111. The number of benzene rings is 2. The molecule has 3 aromatic rings. The number of nitro groups is 1. The number of para-hydroxylation sites is 1. The van der Waals surface area contributed by atoms with E-state index in [1.54, 1.807) is 35.9 Å². The van der Waals surface area contributed by atoms with Crippen molar-refractivity contribution in [2.24, 2.45) is 0 Å². The van der Waals surface area contributed by atoms with Crippen LogP contribution in [0.5, 0.6) is 0 Å². The van der Waals surface area contributed by atoms with Gasteiger partial charge in [0.05, 0.1) is 21.3 Å². The standard InChI is InChI=1S/C24H26ClN5O4/c1-5-28(23(32)16-10-12-17(13-11-16)30(33)34)15-22(31)26-21-14-20(24(2,3)4)27-29(21)19-9-7-6-8-18(19)25/h6-14H,5,15H2,1-4H3,(H,26,31). The summed E-state index contributed by atoms with van der Waals surface area (Å²) in [5, 5.41) is 18.8. The number of amides is 2. The summed E-state index contributed by atoms with van der Waals surface area (Å²) in [5.74, 6) is -0.379. The fourth-order valence-corrected chi connectivity index (χ4v) is 3.45. The third-order valence-electron chi connectivity index (χ3n) is 5.15. The minimum Gasteiger partial charge on any atom is -0.330 e. The molecule has 2 aromatic carbocycles. The fraction of sp³-hybridized carbons (Fsp3) is 0.292. The molecule has 2 amide bonds. The van der Waals surface area contributed by atoms with Crippen LogP contribution in [0.2, 0.25) is 5.02 Å². The first-order chi connectivity index (χ1) is 16.0. The lowest BCUT2D eigenvalue weighted by molar-refractivity contribution is -0.384. The molecular formula is C24H26ClN5O4. The van der Waals surface area contributed by atoms with E-state index in [0.29, 0.717) is 16.5 Å². The van der Waals surface area contributed by atoms with E-state index >= 15 is 0 Å². The molecule has 0 radical (unpaired) electrons. The third kappa shape index (κ3) is 5.60. The molecule has 0 saturated heterocycles. The van der Waals surface area contributed by atoms with Crippen LogP contribution < -0.4 is 5.32 Å². The van der Waals surface area contributed by atoms with Crippen molar-refractivity contribution < 1.29 is 14.5 Å². The summed E-state index contributed by atoms with van der Waals surface area (Å²) >= 11 is 6.37. The van der Waals surface area contributed by atoms with E-state index in [-0.39, 0.29) is 29.8 Å². The highest BCUT2D eigenvalue weighted by Crippen LogP contribution is 2.29. The van der Waals surface area contributed by atoms with E-state index in [4.69, 9.17) is 11.6 Å². The molecule has 0 saturated carbocycles. The van der Waals surface area contributed by atoms with Crippen molar-refractivity contribution >= 4 is 34.9 Å². The summed E-state index contributed by atoms with van der Waals surface area (Å²) in [6.45, 7) is 7.87. The van der Waals surface area contributed by atoms with Gasteiger partial charge in [0, 0.05) is 35.7 Å². The monoisotopic (exact) mass is 483 g/mol. The fourth-order valence-electron chi connectivity index (χ4n) is 3.24. The van der Waals surface area contributed by atoms with Gasteiger partial charge >= 0.3 is 0 Å². The van der Waals surface area contributed by atoms with Crippen molar-refractivity contribution in [2.75, 3.05) is 18.4 Å². The van der Waals surface area contributed by atoms with Gasteiger partial charge in [0.25, 0.3) is 11.6 Å². The van der Waals surface area contributed by atoms with Gasteiger partial charge in [-0.25, -0.2) is 4.68 Å². The van der Waals surface area contributed by atoms with Crippen molar-refractivity contribution in [2.45, 2.75) is 33.1 Å². The summed E-state index contributed by atoms with van der Waals surface area (Å²) in [6.07, 6.45) is 0. The Balaban J connectivity index is 1.83. The van der Waals surface area contributed by atoms with Crippen molar-refractivity contribution in [1.29, 1.82) is 0 Å². The van der Waals surface area contributed by atoms with Crippen molar-refractivity contribution in [3.63, 3.8) is 0 Å². The van der Waals surface area contributed by atoms with Crippen LogP contribution in [0.25, 0.3) is 5.69 Å². The summed E-state index contributed by atoms with van der Waals surface area (Å²) in [5.41, 5.74) is 1.25. The Kier molecular flexibility index (Phi) is 7.36. The molecule has 1 heterocycles. The van der Waals surface area contributed by atoms with Crippen LogP contribution in [0.1, 0.15) is 43.7 Å². The van der Waals surface area contributed by atoms with Crippen LogP contribution in [0.15, 0.2) is 54.6 Å². The lowest BCUT2D eigenvalue weighted by Gasteiger charge is -2.20. The molecule has 34 heavy (non-hydrogen) atoms. The molecule has 3 rings (SSSR count). The Hall–Kier alpha value is -3.72. The number of nitrogens with zero attached hydrogens (tertiary/aromatic N) is 4. The molecule has 1 aromatic heterocycles. The number of halogens is 1. The van der Waals surface area contributed by atoms with Crippen LogP contribution in [0.3, 0.4) is 0 Å². The van der Waals surface area contributed by atoms with Gasteiger partial charge in [-0.2, -0.15) is 5.10 Å². The van der Waals surface area contributed by atoms with Gasteiger partial charge in [0.2, 0.25) is 5.91 Å². The van der Waals surface area contributed by atoms with E-state index in [9.17, 15) is 19.7 Å². The predicted molar refractivity (Wildman–Crippen MR) is 131 cm³/mol. The second-order valence-corrected chi connectivity index (χ2v) is 9.11. The first kappa shape index (κ1) is 24.9. The molecule has 0 spiro atoms. The Labute approximate surface area is 202 Å². The molecule has 0 aliphatic rings. The molecular weight excluding hydrogens is 458 g/mol. The molecule has 0 unspecified atom stereocenters. The number of nitro benzene ring substituents is 1. The lowest BCUT2D eigenvalue weighted by Crippen LogP contribution is -2.38. The van der Waals surface area contributed by atoms with Crippen LogP contribution in [0.4, 0.5) is 11.5 Å². The number of carbonyl (C=O) groups is 2. The van der Waals surface area contributed by atoms with Gasteiger partial charge in [0.15, 0.2) is 0 Å². The average molecular weight is 484 g/mol. The molecule has 0 atom stereocenters. The number of hydrogen-bond acceptors (Lipinski definition) is 5. The Bertz CT molecular complexity index is 1210. The van der Waals surface area contributed by atoms with E-state index in [2.05, 4.69) is 10.4 Å².